The number of esters is 1. The number of aromatic nitrogens is 3. The van der Waals surface area contributed by atoms with Gasteiger partial charge in [0.25, 0.3) is 0 Å². The number of fused-ring (bicyclic) bond motifs is 3. The molecule has 10 nitrogen and oxygen atoms in total. The van der Waals surface area contributed by atoms with E-state index in [4.69, 9.17) is 30.5 Å². The summed E-state index contributed by atoms with van der Waals surface area (Å²) in [5, 5.41) is 7.65. The normalized spacial score (nSPS) is 18.7. The molecule has 0 N–H and O–H groups in total. The van der Waals surface area contributed by atoms with Gasteiger partial charge in [0.15, 0.2) is 17.3 Å². The van der Waals surface area contributed by atoms with Gasteiger partial charge in [0.2, 0.25) is 11.7 Å². The standard InChI is InChI=1S/C30H32ClF3N4O6/c1-4-43-25(40)14-17-10-12-37(13-11-17)24(39)16-23-28-35-36-29(30(32,33)34)38(28)21-9-8-18(31)15-20(21)26(44-23)19-6-5-7-22(41-2)27(19)42-3/h5-9,15,17,23,26H,4,10-14,16H2,1-3H3/t23-,26-/m1/s1. The van der Waals surface area contributed by atoms with Crippen LogP contribution in [0.1, 0.15) is 67.6 Å². The number of ether oxygens (including phenoxy) is 4. The van der Waals surface area contributed by atoms with E-state index in [0.717, 1.165) is 4.57 Å². The molecule has 2 atom stereocenters. The largest absolute Gasteiger partial charge is 0.493 e. The van der Waals surface area contributed by atoms with Gasteiger partial charge in [-0.2, -0.15) is 13.2 Å². The third-order valence-corrected chi connectivity index (χ3v) is 8.08. The van der Waals surface area contributed by atoms with Crippen molar-refractivity contribution < 1.29 is 41.7 Å². The number of carbonyl (C=O) groups is 2. The third kappa shape index (κ3) is 6.34. The lowest BCUT2D eigenvalue weighted by atomic mass is 9.93. The highest BCUT2D eigenvalue weighted by Crippen LogP contribution is 2.47. The summed E-state index contributed by atoms with van der Waals surface area (Å²) in [4.78, 5) is 27.2. The van der Waals surface area contributed by atoms with Crippen LogP contribution >= 0.6 is 11.6 Å². The second kappa shape index (κ2) is 13.0. The highest BCUT2D eigenvalue weighted by Gasteiger charge is 2.44. The van der Waals surface area contributed by atoms with E-state index in [1.165, 1.54) is 32.4 Å². The Labute approximate surface area is 257 Å². The van der Waals surface area contributed by atoms with E-state index in [9.17, 15) is 22.8 Å². The van der Waals surface area contributed by atoms with Crippen molar-refractivity contribution in [2.75, 3.05) is 33.9 Å². The summed E-state index contributed by atoms with van der Waals surface area (Å²) in [6.45, 7) is 2.82. The zero-order valence-electron chi connectivity index (χ0n) is 24.4. The number of benzene rings is 2. The topological polar surface area (TPSA) is 105 Å². The van der Waals surface area contributed by atoms with Crippen LogP contribution in [0.3, 0.4) is 0 Å². The molecule has 0 spiro atoms. The maximum atomic E-state index is 14.3. The maximum absolute atomic E-state index is 14.3. The molecule has 2 aromatic carbocycles. The van der Waals surface area contributed by atoms with Crippen molar-refractivity contribution in [3.63, 3.8) is 0 Å². The van der Waals surface area contributed by atoms with E-state index < -0.39 is 24.2 Å². The summed E-state index contributed by atoms with van der Waals surface area (Å²) in [7, 11) is 2.91. The van der Waals surface area contributed by atoms with E-state index in [2.05, 4.69) is 10.2 Å². The fourth-order valence-electron chi connectivity index (χ4n) is 5.79. The predicted octanol–water partition coefficient (Wildman–Crippen LogP) is 5.70. The van der Waals surface area contributed by atoms with Crippen molar-refractivity contribution in [2.24, 2.45) is 5.92 Å². The number of piperidine rings is 1. The van der Waals surface area contributed by atoms with Crippen molar-refractivity contribution in [3.8, 4) is 17.2 Å². The zero-order valence-corrected chi connectivity index (χ0v) is 25.2. The quantitative estimate of drug-likeness (QED) is 0.290. The summed E-state index contributed by atoms with van der Waals surface area (Å²) in [5.74, 6) is -1.25. The molecule has 14 heteroatoms. The number of likely N-dealkylation sites (tertiary alicyclic amines) is 1. The molecule has 0 aliphatic carbocycles. The van der Waals surface area contributed by atoms with Crippen LogP contribution in [-0.4, -0.2) is 65.5 Å². The molecular formula is C30H32ClF3N4O6. The SMILES string of the molecule is CCOC(=O)CC1CCN(C(=O)C[C@H]2O[C@H](c3cccc(OC)c3OC)c3cc(Cl)ccc3-n3c2nnc3C(F)(F)F)CC1. The van der Waals surface area contributed by atoms with Crippen LogP contribution in [0.2, 0.25) is 5.02 Å². The number of amides is 1. The van der Waals surface area contributed by atoms with E-state index in [-0.39, 0.29) is 47.2 Å². The lowest BCUT2D eigenvalue weighted by Gasteiger charge is -2.32. The number of para-hydroxylation sites is 1. The van der Waals surface area contributed by atoms with E-state index in [1.807, 2.05) is 0 Å². The summed E-state index contributed by atoms with van der Waals surface area (Å²) in [5.41, 5.74) is 0.858. The molecule has 1 aromatic heterocycles. The minimum atomic E-state index is -4.86. The van der Waals surface area contributed by atoms with Gasteiger partial charge in [-0.3, -0.25) is 14.2 Å². The number of alkyl halides is 3. The number of hydrogen-bond acceptors (Lipinski definition) is 8. The Hall–Kier alpha value is -3.84. The van der Waals surface area contributed by atoms with Crippen LogP contribution in [0.4, 0.5) is 13.2 Å². The van der Waals surface area contributed by atoms with Crippen LogP contribution in [0, 0.1) is 5.92 Å². The van der Waals surface area contributed by atoms with Crippen LogP contribution in [0.15, 0.2) is 36.4 Å². The van der Waals surface area contributed by atoms with Gasteiger partial charge in [-0.25, -0.2) is 0 Å². The van der Waals surface area contributed by atoms with Crippen molar-refractivity contribution in [1.82, 2.24) is 19.7 Å². The summed E-state index contributed by atoms with van der Waals surface area (Å²) >= 11 is 6.36. The zero-order chi connectivity index (χ0) is 31.6. The van der Waals surface area contributed by atoms with E-state index in [1.54, 1.807) is 30.0 Å². The van der Waals surface area contributed by atoms with Crippen LogP contribution in [0.25, 0.3) is 5.69 Å². The second-order valence-corrected chi connectivity index (χ2v) is 11.0. The Morgan fingerprint density at radius 3 is 2.45 bits per heavy atom. The number of rotatable bonds is 8. The second-order valence-electron chi connectivity index (χ2n) is 10.5. The molecule has 3 aromatic rings. The monoisotopic (exact) mass is 636 g/mol. The van der Waals surface area contributed by atoms with Gasteiger partial charge in [-0.1, -0.05) is 23.7 Å². The Bertz CT molecular complexity index is 1520. The number of nitrogens with zero attached hydrogens (tertiary/aromatic N) is 4. The lowest BCUT2D eigenvalue weighted by Crippen LogP contribution is -2.39. The van der Waals surface area contributed by atoms with Crippen molar-refractivity contribution in [1.29, 1.82) is 0 Å². The van der Waals surface area contributed by atoms with Crippen molar-refractivity contribution >= 4 is 23.5 Å². The minimum Gasteiger partial charge on any atom is -0.493 e. The van der Waals surface area contributed by atoms with Crippen molar-refractivity contribution in [2.45, 2.75) is 51.0 Å². The van der Waals surface area contributed by atoms with Gasteiger partial charge in [-0.05, 0) is 49.9 Å². The lowest BCUT2D eigenvalue weighted by molar-refractivity contribution is -0.146. The molecule has 0 saturated carbocycles. The van der Waals surface area contributed by atoms with Crippen LogP contribution < -0.4 is 9.47 Å². The molecule has 1 saturated heterocycles. The van der Waals surface area contributed by atoms with Gasteiger partial charge >= 0.3 is 12.1 Å². The molecule has 236 valence electrons. The molecule has 0 unspecified atom stereocenters. The predicted molar refractivity (Wildman–Crippen MR) is 152 cm³/mol. The third-order valence-electron chi connectivity index (χ3n) is 7.85. The fourth-order valence-corrected chi connectivity index (χ4v) is 5.97. The van der Waals surface area contributed by atoms with Crippen LogP contribution in [0.5, 0.6) is 11.5 Å². The number of methoxy groups -OCH3 is 2. The first-order valence-electron chi connectivity index (χ1n) is 14.2. The molecule has 3 heterocycles. The smallest absolute Gasteiger partial charge is 0.452 e. The molecule has 1 amide bonds. The molecule has 5 rings (SSSR count). The first-order chi connectivity index (χ1) is 21.0. The highest BCUT2D eigenvalue weighted by atomic mass is 35.5. The molecule has 2 aliphatic rings. The molecule has 1 fully saturated rings. The molecular weight excluding hydrogens is 605 g/mol. The molecule has 0 radical (unpaired) electrons. The number of halogens is 4. The van der Waals surface area contributed by atoms with Gasteiger partial charge in [0, 0.05) is 35.7 Å². The number of hydrogen-bond donors (Lipinski definition) is 0. The van der Waals surface area contributed by atoms with E-state index >= 15 is 0 Å². The number of carbonyl (C=O) groups excluding carboxylic acids is 2. The first-order valence-corrected chi connectivity index (χ1v) is 14.6. The Balaban J connectivity index is 1.53. The highest BCUT2D eigenvalue weighted by molar-refractivity contribution is 6.30. The van der Waals surface area contributed by atoms with Crippen molar-refractivity contribution in [3.05, 3.63) is 64.2 Å². The molecule has 0 bridgehead atoms. The molecule has 44 heavy (non-hydrogen) atoms. The maximum Gasteiger partial charge on any atom is 0.452 e. The van der Waals surface area contributed by atoms with Gasteiger partial charge in [0.1, 0.15) is 12.2 Å². The molecule has 2 aliphatic heterocycles. The fraction of sp³-hybridized carbons (Fsp3) is 0.467. The Kier molecular flexibility index (Phi) is 9.35. The van der Waals surface area contributed by atoms with Gasteiger partial charge in [-0.15, -0.1) is 10.2 Å². The average molecular weight is 637 g/mol. The minimum absolute atomic E-state index is 0.0776. The van der Waals surface area contributed by atoms with E-state index in [0.29, 0.717) is 55.2 Å². The van der Waals surface area contributed by atoms with Gasteiger partial charge < -0.3 is 23.8 Å². The summed E-state index contributed by atoms with van der Waals surface area (Å²) < 4.78 is 66.4. The summed E-state index contributed by atoms with van der Waals surface area (Å²) in [6.07, 6.45) is -5.94. The first kappa shape index (κ1) is 31.6. The Morgan fingerprint density at radius 2 is 1.80 bits per heavy atom. The van der Waals surface area contributed by atoms with Crippen LogP contribution in [-0.2, 0) is 25.2 Å². The summed E-state index contributed by atoms with van der Waals surface area (Å²) in [6, 6.07) is 9.53. The average Bonchev–Trinajstić information content (AvgIpc) is 3.40. The Morgan fingerprint density at radius 1 is 1.05 bits per heavy atom. The van der Waals surface area contributed by atoms with Gasteiger partial charge in [0.05, 0.1) is 32.9 Å².